The van der Waals surface area contributed by atoms with Crippen LogP contribution in [0.15, 0.2) is 36.5 Å². The smallest absolute Gasteiger partial charge is 0.338 e. The number of aromatic nitrogens is 1. The lowest BCUT2D eigenvalue weighted by Gasteiger charge is -2.40. The van der Waals surface area contributed by atoms with Gasteiger partial charge in [0.25, 0.3) is 0 Å². The highest BCUT2D eigenvalue weighted by atomic mass is 19.1. The average molecular weight is 437 g/mol. The number of likely N-dealkylation sites (tertiary alicyclic amines) is 1. The number of carbonyl (C=O) groups is 1. The minimum atomic E-state index is -1.23. The summed E-state index contributed by atoms with van der Waals surface area (Å²) in [6.45, 7) is 3.70. The van der Waals surface area contributed by atoms with Crippen molar-refractivity contribution in [2.24, 2.45) is 11.8 Å². The second-order valence-electron chi connectivity index (χ2n) is 9.29. The SMILES string of the molecule is COc1cc(C)c2[nH]ccc2c1CN1CC[C@H](C2CC2)C[C@H]1c1ccc(C(=O)O)c(F)c1. The van der Waals surface area contributed by atoms with Crippen LogP contribution >= 0.6 is 0 Å². The molecular formula is C26H29FN2O3. The van der Waals surface area contributed by atoms with Crippen molar-refractivity contribution in [2.45, 2.75) is 45.2 Å². The van der Waals surface area contributed by atoms with Crippen LogP contribution in [-0.4, -0.2) is 34.6 Å². The van der Waals surface area contributed by atoms with Crippen LogP contribution in [0.3, 0.4) is 0 Å². The van der Waals surface area contributed by atoms with Crippen molar-refractivity contribution in [3.8, 4) is 5.75 Å². The van der Waals surface area contributed by atoms with Crippen LogP contribution in [0.4, 0.5) is 4.39 Å². The van der Waals surface area contributed by atoms with Crippen LogP contribution in [0, 0.1) is 24.6 Å². The maximum absolute atomic E-state index is 14.6. The first-order chi connectivity index (χ1) is 15.5. The molecule has 2 N–H and O–H groups in total. The van der Waals surface area contributed by atoms with Gasteiger partial charge in [-0.2, -0.15) is 0 Å². The Morgan fingerprint density at radius 3 is 2.72 bits per heavy atom. The van der Waals surface area contributed by atoms with Crippen LogP contribution in [0.5, 0.6) is 5.75 Å². The van der Waals surface area contributed by atoms with Gasteiger partial charge in [-0.3, -0.25) is 4.90 Å². The third-order valence-corrected chi connectivity index (χ3v) is 7.34. The van der Waals surface area contributed by atoms with E-state index in [4.69, 9.17) is 4.74 Å². The van der Waals surface area contributed by atoms with Gasteiger partial charge < -0.3 is 14.8 Å². The summed E-state index contributed by atoms with van der Waals surface area (Å²) in [6, 6.07) is 8.83. The van der Waals surface area contributed by atoms with Crippen molar-refractivity contribution in [2.75, 3.05) is 13.7 Å². The van der Waals surface area contributed by atoms with Gasteiger partial charge in [-0.05, 0) is 86.4 Å². The van der Waals surface area contributed by atoms with E-state index in [0.29, 0.717) is 12.5 Å². The predicted octanol–water partition coefficient (Wildman–Crippen LogP) is 5.69. The van der Waals surface area contributed by atoms with Crippen LogP contribution in [0.2, 0.25) is 0 Å². The first-order valence-electron chi connectivity index (χ1n) is 11.4. The quantitative estimate of drug-likeness (QED) is 0.521. The number of methoxy groups -OCH3 is 1. The third-order valence-electron chi connectivity index (χ3n) is 7.34. The van der Waals surface area contributed by atoms with Gasteiger partial charge in [0.2, 0.25) is 0 Å². The van der Waals surface area contributed by atoms with E-state index in [-0.39, 0.29) is 11.6 Å². The van der Waals surface area contributed by atoms with Crippen molar-refractivity contribution in [1.82, 2.24) is 9.88 Å². The molecule has 32 heavy (non-hydrogen) atoms. The number of H-pyrrole nitrogens is 1. The molecule has 2 aromatic carbocycles. The molecule has 1 saturated heterocycles. The minimum absolute atomic E-state index is 0.0479. The molecule has 1 aliphatic carbocycles. The maximum Gasteiger partial charge on any atom is 0.338 e. The predicted molar refractivity (Wildman–Crippen MR) is 122 cm³/mol. The molecule has 0 spiro atoms. The Hall–Kier alpha value is -2.86. The second-order valence-corrected chi connectivity index (χ2v) is 9.29. The number of nitrogens with zero attached hydrogens (tertiary/aromatic N) is 1. The molecule has 2 heterocycles. The molecule has 5 rings (SSSR count). The summed E-state index contributed by atoms with van der Waals surface area (Å²) in [4.78, 5) is 17.0. The number of carboxylic acid groups (broad SMARTS) is 1. The van der Waals surface area contributed by atoms with Gasteiger partial charge in [0.15, 0.2) is 0 Å². The number of aromatic carboxylic acids is 1. The summed E-state index contributed by atoms with van der Waals surface area (Å²) in [6.07, 6.45) is 6.65. The molecule has 5 nitrogen and oxygen atoms in total. The van der Waals surface area contributed by atoms with E-state index in [9.17, 15) is 14.3 Å². The van der Waals surface area contributed by atoms with E-state index >= 15 is 0 Å². The Bertz CT molecular complexity index is 1170. The van der Waals surface area contributed by atoms with Crippen molar-refractivity contribution in [3.63, 3.8) is 0 Å². The third kappa shape index (κ3) is 3.77. The van der Waals surface area contributed by atoms with E-state index in [2.05, 4.69) is 28.9 Å². The standard InChI is InChI=1S/C26H29FN2O3/c1-15-11-24(32-2)21(19-7-9-28-25(15)19)14-29-10-8-17(16-3-4-16)13-23(29)18-5-6-20(26(30)31)22(27)12-18/h5-7,9,11-12,16-17,23,28H,3-4,8,10,13-14H2,1-2H3,(H,30,31)/t17-,23-/m0/s1. The first-order valence-corrected chi connectivity index (χ1v) is 11.4. The highest BCUT2D eigenvalue weighted by Gasteiger charge is 2.38. The molecule has 1 aliphatic heterocycles. The molecular weight excluding hydrogens is 407 g/mol. The number of rotatable bonds is 6. The lowest BCUT2D eigenvalue weighted by molar-refractivity contribution is 0.0691. The number of aryl methyl sites for hydroxylation is 1. The summed E-state index contributed by atoms with van der Waals surface area (Å²) in [5.41, 5.74) is 3.97. The number of benzene rings is 2. The molecule has 0 unspecified atom stereocenters. The Labute approximate surface area is 187 Å². The van der Waals surface area contributed by atoms with Gasteiger partial charge in [-0.15, -0.1) is 0 Å². The zero-order chi connectivity index (χ0) is 22.4. The summed E-state index contributed by atoms with van der Waals surface area (Å²) in [5, 5.41) is 10.4. The number of aromatic amines is 1. The van der Waals surface area contributed by atoms with E-state index in [1.165, 1.54) is 25.0 Å². The number of fused-ring (bicyclic) bond motifs is 1. The highest BCUT2D eigenvalue weighted by Crippen LogP contribution is 2.47. The Kier molecular flexibility index (Phi) is 5.41. The van der Waals surface area contributed by atoms with Gasteiger partial charge in [0.05, 0.1) is 12.7 Å². The number of hydrogen-bond acceptors (Lipinski definition) is 3. The fourth-order valence-electron chi connectivity index (χ4n) is 5.47. The monoisotopic (exact) mass is 436 g/mol. The lowest BCUT2D eigenvalue weighted by atomic mass is 9.83. The topological polar surface area (TPSA) is 65.6 Å². The summed E-state index contributed by atoms with van der Waals surface area (Å²) >= 11 is 0. The second kappa shape index (κ2) is 8.24. The maximum atomic E-state index is 14.6. The zero-order valence-electron chi connectivity index (χ0n) is 18.5. The molecule has 3 aromatic rings. The van der Waals surface area contributed by atoms with E-state index in [1.54, 1.807) is 13.2 Å². The van der Waals surface area contributed by atoms with Crippen LogP contribution in [0.25, 0.3) is 10.9 Å². The normalized spacial score (nSPS) is 21.7. The van der Waals surface area contributed by atoms with Gasteiger partial charge in [-0.1, -0.05) is 6.07 Å². The Morgan fingerprint density at radius 1 is 1.22 bits per heavy atom. The van der Waals surface area contributed by atoms with Gasteiger partial charge in [-0.25, -0.2) is 9.18 Å². The molecule has 168 valence electrons. The number of piperidine rings is 1. The van der Waals surface area contributed by atoms with Crippen molar-refractivity contribution in [1.29, 1.82) is 0 Å². The molecule has 0 amide bonds. The fourth-order valence-corrected chi connectivity index (χ4v) is 5.47. The van der Waals surface area contributed by atoms with Crippen LogP contribution in [0.1, 0.15) is 58.8 Å². The van der Waals surface area contributed by atoms with Crippen LogP contribution in [-0.2, 0) is 6.54 Å². The lowest BCUT2D eigenvalue weighted by Crippen LogP contribution is -2.37. The highest BCUT2D eigenvalue weighted by molar-refractivity contribution is 5.88. The van der Waals surface area contributed by atoms with Gasteiger partial charge >= 0.3 is 5.97 Å². The summed E-state index contributed by atoms with van der Waals surface area (Å²) < 4.78 is 20.3. The number of carboxylic acids is 1. The molecule has 2 aliphatic rings. The van der Waals surface area contributed by atoms with E-state index < -0.39 is 11.8 Å². The van der Waals surface area contributed by atoms with Crippen molar-refractivity contribution < 1.29 is 19.0 Å². The fraction of sp³-hybridized carbons (Fsp3) is 0.423. The molecule has 0 radical (unpaired) electrons. The molecule has 6 heteroatoms. The summed E-state index contributed by atoms with van der Waals surface area (Å²) in [5.74, 6) is 0.401. The number of nitrogens with one attached hydrogen (secondary N) is 1. The molecule has 1 aromatic heterocycles. The van der Waals surface area contributed by atoms with E-state index in [1.807, 2.05) is 6.20 Å². The Morgan fingerprint density at radius 2 is 2.03 bits per heavy atom. The number of ether oxygens (including phenoxy) is 1. The summed E-state index contributed by atoms with van der Waals surface area (Å²) in [7, 11) is 1.70. The zero-order valence-corrected chi connectivity index (χ0v) is 18.5. The van der Waals surface area contributed by atoms with Crippen molar-refractivity contribution >= 4 is 16.9 Å². The molecule has 2 fully saturated rings. The Balaban J connectivity index is 1.51. The number of hydrogen-bond donors (Lipinski definition) is 2. The number of halogens is 1. The van der Waals surface area contributed by atoms with Gasteiger partial charge in [0, 0.05) is 35.2 Å². The van der Waals surface area contributed by atoms with Crippen molar-refractivity contribution in [3.05, 3.63) is 64.6 Å². The van der Waals surface area contributed by atoms with Gasteiger partial charge in [0.1, 0.15) is 11.6 Å². The first kappa shape index (κ1) is 21.0. The van der Waals surface area contributed by atoms with E-state index in [0.717, 1.165) is 58.6 Å². The van der Waals surface area contributed by atoms with Crippen LogP contribution < -0.4 is 4.74 Å². The molecule has 0 bridgehead atoms. The molecule has 2 atom stereocenters. The molecule has 1 saturated carbocycles. The minimum Gasteiger partial charge on any atom is -0.496 e. The average Bonchev–Trinajstić information content (AvgIpc) is 3.51. The largest absolute Gasteiger partial charge is 0.496 e.